The van der Waals surface area contributed by atoms with Gasteiger partial charge in [0.05, 0.1) is 5.69 Å². The van der Waals surface area contributed by atoms with Gasteiger partial charge in [-0.15, -0.1) is 0 Å². The van der Waals surface area contributed by atoms with E-state index in [1.165, 1.54) is 11.1 Å². The Morgan fingerprint density at radius 2 is 1.53 bits per heavy atom. The zero-order valence-electron chi connectivity index (χ0n) is 12.1. The largest absolute Gasteiger partial charge is 0.256 e. The molecule has 0 saturated carbocycles. The molecule has 0 spiro atoms. The van der Waals surface area contributed by atoms with Crippen LogP contribution in [-0.4, -0.2) is 6.21 Å². The summed E-state index contributed by atoms with van der Waals surface area (Å²) in [6, 6.07) is 16.8. The van der Waals surface area contributed by atoms with Crippen molar-refractivity contribution in [2.45, 2.75) is 33.1 Å². The van der Waals surface area contributed by atoms with Crippen molar-refractivity contribution in [2.24, 2.45) is 4.99 Å². The number of aryl methyl sites for hydroxylation is 1. The zero-order chi connectivity index (χ0) is 13.9. The highest BCUT2D eigenvalue weighted by Crippen LogP contribution is 2.22. The van der Waals surface area contributed by atoms with Gasteiger partial charge in [0.15, 0.2) is 0 Å². The van der Waals surface area contributed by atoms with Gasteiger partial charge in [-0.3, -0.25) is 4.99 Å². The van der Waals surface area contributed by atoms with Crippen molar-refractivity contribution in [1.29, 1.82) is 0 Å². The van der Waals surface area contributed by atoms with E-state index in [0.717, 1.165) is 11.3 Å². The molecule has 2 aromatic carbocycles. The number of rotatable bonds is 2. The van der Waals surface area contributed by atoms with Crippen LogP contribution >= 0.6 is 0 Å². The molecule has 0 radical (unpaired) electrons. The first kappa shape index (κ1) is 13.5. The lowest BCUT2D eigenvalue weighted by molar-refractivity contribution is 0.590. The van der Waals surface area contributed by atoms with Crippen molar-refractivity contribution in [3.8, 4) is 0 Å². The highest BCUT2D eigenvalue weighted by atomic mass is 14.7. The number of hydrogen-bond acceptors (Lipinski definition) is 1. The monoisotopic (exact) mass is 251 g/mol. The molecule has 0 aliphatic carbocycles. The predicted octanol–water partition coefficient (Wildman–Crippen LogP) is 5.04. The van der Waals surface area contributed by atoms with Crippen molar-refractivity contribution < 1.29 is 0 Å². The van der Waals surface area contributed by atoms with Crippen LogP contribution in [0, 0.1) is 6.92 Å². The van der Waals surface area contributed by atoms with Crippen molar-refractivity contribution in [2.75, 3.05) is 0 Å². The Morgan fingerprint density at radius 3 is 2.11 bits per heavy atom. The molecule has 0 aliphatic heterocycles. The van der Waals surface area contributed by atoms with Gasteiger partial charge in [-0.25, -0.2) is 0 Å². The number of benzene rings is 2. The van der Waals surface area contributed by atoms with Gasteiger partial charge < -0.3 is 0 Å². The van der Waals surface area contributed by atoms with Gasteiger partial charge in [0.25, 0.3) is 0 Å². The van der Waals surface area contributed by atoms with Crippen molar-refractivity contribution in [3.63, 3.8) is 0 Å². The molecule has 0 unspecified atom stereocenters. The second-order valence-corrected chi connectivity index (χ2v) is 5.92. The van der Waals surface area contributed by atoms with E-state index in [4.69, 9.17) is 0 Å². The van der Waals surface area contributed by atoms with Crippen molar-refractivity contribution in [1.82, 2.24) is 0 Å². The quantitative estimate of drug-likeness (QED) is 0.663. The van der Waals surface area contributed by atoms with Crippen LogP contribution in [-0.2, 0) is 5.41 Å². The first-order valence-corrected chi connectivity index (χ1v) is 6.67. The normalized spacial score (nSPS) is 12.0. The zero-order valence-corrected chi connectivity index (χ0v) is 12.1. The molecule has 0 atom stereocenters. The Bertz CT molecular complexity index is 571. The Kier molecular flexibility index (Phi) is 3.84. The van der Waals surface area contributed by atoms with Gasteiger partial charge >= 0.3 is 0 Å². The molecule has 0 aliphatic rings. The van der Waals surface area contributed by atoms with Crippen LogP contribution in [0.2, 0.25) is 0 Å². The number of aliphatic imine (C=N–C) groups is 1. The molecule has 0 amide bonds. The minimum absolute atomic E-state index is 0.200. The lowest BCUT2D eigenvalue weighted by Crippen LogP contribution is -2.10. The fraction of sp³-hybridized carbons (Fsp3) is 0.278. The van der Waals surface area contributed by atoms with E-state index in [9.17, 15) is 0 Å². The lowest BCUT2D eigenvalue weighted by Gasteiger charge is -2.18. The maximum absolute atomic E-state index is 4.54. The molecule has 2 aromatic rings. The molecule has 0 saturated heterocycles. The summed E-state index contributed by atoms with van der Waals surface area (Å²) in [4.78, 5) is 4.54. The molecule has 1 nitrogen and oxygen atoms in total. The highest BCUT2D eigenvalue weighted by Gasteiger charge is 2.12. The fourth-order valence-corrected chi connectivity index (χ4v) is 1.92. The third kappa shape index (κ3) is 3.54. The van der Waals surface area contributed by atoms with E-state index in [2.05, 4.69) is 63.0 Å². The third-order valence-electron chi connectivity index (χ3n) is 3.24. The van der Waals surface area contributed by atoms with Gasteiger partial charge in [-0.1, -0.05) is 63.2 Å². The van der Waals surface area contributed by atoms with Crippen LogP contribution in [0.1, 0.15) is 37.5 Å². The smallest absolute Gasteiger partial charge is 0.0659 e. The molecule has 1 heteroatoms. The van der Waals surface area contributed by atoms with E-state index in [-0.39, 0.29) is 5.41 Å². The molecule has 0 N–H and O–H groups in total. The molecule has 0 aromatic heterocycles. The summed E-state index contributed by atoms with van der Waals surface area (Å²) in [6.07, 6.45) is 1.93. The summed E-state index contributed by atoms with van der Waals surface area (Å²) < 4.78 is 0. The number of hydrogen-bond donors (Lipinski definition) is 0. The van der Waals surface area contributed by atoms with Crippen molar-refractivity contribution in [3.05, 3.63) is 65.2 Å². The third-order valence-corrected chi connectivity index (χ3v) is 3.24. The first-order chi connectivity index (χ1) is 8.97. The summed E-state index contributed by atoms with van der Waals surface area (Å²) in [7, 11) is 0. The molecule has 19 heavy (non-hydrogen) atoms. The summed E-state index contributed by atoms with van der Waals surface area (Å²) in [5.74, 6) is 0. The molecular formula is C18H21N. The Labute approximate surface area is 116 Å². The van der Waals surface area contributed by atoms with E-state index in [0.29, 0.717) is 0 Å². The fourth-order valence-electron chi connectivity index (χ4n) is 1.92. The summed E-state index contributed by atoms with van der Waals surface area (Å²) in [5.41, 5.74) is 4.91. The lowest BCUT2D eigenvalue weighted by atomic mass is 9.87. The summed E-state index contributed by atoms with van der Waals surface area (Å²) >= 11 is 0. The van der Waals surface area contributed by atoms with Gasteiger partial charge in [-0.05, 0) is 35.1 Å². The van der Waals surface area contributed by atoms with E-state index in [1.54, 1.807) is 0 Å². The van der Waals surface area contributed by atoms with Gasteiger partial charge in [-0.2, -0.15) is 0 Å². The van der Waals surface area contributed by atoms with Crippen LogP contribution in [0.4, 0.5) is 5.69 Å². The minimum atomic E-state index is 0.200. The van der Waals surface area contributed by atoms with Crippen LogP contribution in [0.15, 0.2) is 53.5 Å². The first-order valence-electron chi connectivity index (χ1n) is 6.67. The minimum Gasteiger partial charge on any atom is -0.256 e. The highest BCUT2D eigenvalue weighted by molar-refractivity contribution is 5.82. The summed E-state index contributed by atoms with van der Waals surface area (Å²) in [5, 5.41) is 0. The standard InChI is InChI=1S/C18H21N/c1-14-7-5-6-8-17(14)19-13-15-9-11-16(12-10-15)18(2,3)4/h5-13H,1-4H3. The van der Waals surface area contributed by atoms with E-state index in [1.807, 2.05) is 24.4 Å². The van der Waals surface area contributed by atoms with Crippen LogP contribution in [0.5, 0.6) is 0 Å². The molecule has 98 valence electrons. The molecule has 0 fully saturated rings. The second-order valence-electron chi connectivity index (χ2n) is 5.92. The molecule has 0 heterocycles. The number of nitrogens with zero attached hydrogens (tertiary/aromatic N) is 1. The average Bonchev–Trinajstić information content (AvgIpc) is 2.37. The summed E-state index contributed by atoms with van der Waals surface area (Å²) in [6.45, 7) is 8.76. The predicted molar refractivity (Wildman–Crippen MR) is 83.6 cm³/mol. The molecular weight excluding hydrogens is 230 g/mol. The van der Waals surface area contributed by atoms with Crippen molar-refractivity contribution >= 4 is 11.9 Å². The van der Waals surface area contributed by atoms with Crippen LogP contribution in [0.25, 0.3) is 0 Å². The van der Waals surface area contributed by atoms with Gasteiger partial charge in [0, 0.05) is 6.21 Å². The second kappa shape index (κ2) is 5.40. The average molecular weight is 251 g/mol. The maximum Gasteiger partial charge on any atom is 0.0659 e. The maximum atomic E-state index is 4.54. The molecule has 0 bridgehead atoms. The van der Waals surface area contributed by atoms with Gasteiger partial charge in [0.1, 0.15) is 0 Å². The van der Waals surface area contributed by atoms with Crippen LogP contribution < -0.4 is 0 Å². The van der Waals surface area contributed by atoms with Crippen LogP contribution in [0.3, 0.4) is 0 Å². The molecule has 2 rings (SSSR count). The topological polar surface area (TPSA) is 12.4 Å². The SMILES string of the molecule is Cc1ccccc1N=Cc1ccc(C(C)(C)C)cc1. The van der Waals surface area contributed by atoms with Gasteiger partial charge in [0.2, 0.25) is 0 Å². The Morgan fingerprint density at radius 1 is 0.895 bits per heavy atom. The number of para-hydroxylation sites is 1. The van der Waals surface area contributed by atoms with E-state index >= 15 is 0 Å². The van der Waals surface area contributed by atoms with E-state index < -0.39 is 0 Å². The Balaban J connectivity index is 2.19. The Hall–Kier alpha value is -1.89.